The predicted octanol–water partition coefficient (Wildman–Crippen LogP) is 1.43. The summed E-state index contributed by atoms with van der Waals surface area (Å²) in [6, 6.07) is 8.82. The maximum absolute atomic E-state index is 6.00. The van der Waals surface area contributed by atoms with E-state index < -0.39 is 0 Å². The molecule has 2 heteroatoms. The summed E-state index contributed by atoms with van der Waals surface area (Å²) < 4.78 is 0. The van der Waals surface area contributed by atoms with Gasteiger partial charge in [0.15, 0.2) is 0 Å². The Kier molecular flexibility index (Phi) is 4.11. The number of benzene rings is 1. The summed E-state index contributed by atoms with van der Waals surface area (Å²) in [6.07, 6.45) is 0.957. The Morgan fingerprint density at radius 1 is 1.21 bits per heavy atom. The average Bonchev–Trinajstić information content (AvgIpc) is 2.07. The lowest BCUT2D eigenvalue weighted by Crippen LogP contribution is -2.34. The van der Waals surface area contributed by atoms with E-state index in [0.717, 1.165) is 13.0 Å². The highest BCUT2D eigenvalue weighted by Gasteiger charge is 2.04. The monoisotopic (exact) mass is 192 g/mol. The largest absolute Gasteiger partial charge is 0.326 e. The molecule has 78 valence electrons. The number of nitrogens with zero attached hydrogens (tertiary/aromatic N) is 1. The van der Waals surface area contributed by atoms with Crippen molar-refractivity contribution >= 4 is 0 Å². The summed E-state index contributed by atoms with van der Waals surface area (Å²) in [5.41, 5.74) is 8.63. The van der Waals surface area contributed by atoms with Crippen LogP contribution in [0.15, 0.2) is 24.3 Å². The van der Waals surface area contributed by atoms with Crippen molar-refractivity contribution in [3.8, 4) is 0 Å². The van der Waals surface area contributed by atoms with Gasteiger partial charge in [-0.2, -0.15) is 0 Å². The van der Waals surface area contributed by atoms with Gasteiger partial charge in [0.25, 0.3) is 0 Å². The van der Waals surface area contributed by atoms with E-state index in [0.29, 0.717) is 0 Å². The second kappa shape index (κ2) is 5.13. The predicted molar refractivity (Wildman–Crippen MR) is 61.4 cm³/mol. The summed E-state index contributed by atoms with van der Waals surface area (Å²) in [6.45, 7) is 3.04. The van der Waals surface area contributed by atoms with Gasteiger partial charge < -0.3 is 10.6 Å². The molecule has 2 N–H and O–H groups in total. The van der Waals surface area contributed by atoms with E-state index in [4.69, 9.17) is 5.73 Å². The first-order valence-electron chi connectivity index (χ1n) is 5.04. The third kappa shape index (κ3) is 3.90. The van der Waals surface area contributed by atoms with Crippen LogP contribution in [0.2, 0.25) is 0 Å². The summed E-state index contributed by atoms with van der Waals surface area (Å²) in [4.78, 5) is 2.12. The molecule has 0 radical (unpaired) electrons. The number of nitrogens with two attached hydrogens (primary N) is 1. The molecule has 0 unspecified atom stereocenters. The van der Waals surface area contributed by atoms with E-state index in [1.54, 1.807) is 0 Å². The molecular formula is C12H20N2. The second-order valence-electron chi connectivity index (χ2n) is 4.21. The van der Waals surface area contributed by atoms with E-state index in [2.05, 4.69) is 50.2 Å². The van der Waals surface area contributed by atoms with E-state index in [1.807, 2.05) is 0 Å². The van der Waals surface area contributed by atoms with Gasteiger partial charge in [0.1, 0.15) is 0 Å². The Bertz CT molecular complexity index is 264. The summed E-state index contributed by atoms with van der Waals surface area (Å²) in [5, 5.41) is 0. The van der Waals surface area contributed by atoms with Crippen molar-refractivity contribution in [3.05, 3.63) is 35.4 Å². The minimum atomic E-state index is 0.229. The van der Waals surface area contributed by atoms with Crippen LogP contribution in [0, 0.1) is 6.92 Å². The first kappa shape index (κ1) is 11.2. The lowest BCUT2D eigenvalue weighted by atomic mass is 10.1. The van der Waals surface area contributed by atoms with Crippen LogP contribution < -0.4 is 5.73 Å². The Balaban J connectivity index is 2.47. The molecule has 0 fully saturated rings. The van der Waals surface area contributed by atoms with Gasteiger partial charge in [-0.05, 0) is 33.0 Å². The lowest BCUT2D eigenvalue weighted by molar-refractivity contribution is 0.371. The Morgan fingerprint density at radius 2 is 1.79 bits per heavy atom. The van der Waals surface area contributed by atoms with Crippen LogP contribution in [0.3, 0.4) is 0 Å². The fraction of sp³-hybridized carbons (Fsp3) is 0.500. The van der Waals surface area contributed by atoms with Gasteiger partial charge in [0.05, 0.1) is 0 Å². The molecule has 0 aliphatic heterocycles. The lowest BCUT2D eigenvalue weighted by Gasteiger charge is -2.16. The highest BCUT2D eigenvalue weighted by molar-refractivity contribution is 5.22. The second-order valence-corrected chi connectivity index (χ2v) is 4.21. The van der Waals surface area contributed by atoms with Gasteiger partial charge >= 0.3 is 0 Å². The van der Waals surface area contributed by atoms with Crippen molar-refractivity contribution < 1.29 is 0 Å². The smallest absolute Gasteiger partial charge is 0.0208 e. The fourth-order valence-corrected chi connectivity index (χ4v) is 1.56. The van der Waals surface area contributed by atoms with Crippen molar-refractivity contribution in [2.24, 2.45) is 5.73 Å². The van der Waals surface area contributed by atoms with Gasteiger partial charge in [-0.15, -0.1) is 0 Å². The van der Waals surface area contributed by atoms with Crippen LogP contribution >= 0.6 is 0 Å². The number of likely N-dealkylation sites (N-methyl/N-ethyl adjacent to an activating group) is 1. The molecule has 1 aromatic rings. The quantitative estimate of drug-likeness (QED) is 0.782. The molecule has 1 aromatic carbocycles. The van der Waals surface area contributed by atoms with E-state index >= 15 is 0 Å². The van der Waals surface area contributed by atoms with Gasteiger partial charge in [-0.25, -0.2) is 0 Å². The fourth-order valence-electron chi connectivity index (χ4n) is 1.56. The number of rotatable bonds is 4. The third-order valence-electron chi connectivity index (χ3n) is 2.22. The van der Waals surface area contributed by atoms with Crippen molar-refractivity contribution in [1.82, 2.24) is 4.90 Å². The molecule has 1 rings (SSSR count). The molecule has 0 spiro atoms. The third-order valence-corrected chi connectivity index (χ3v) is 2.22. The molecule has 0 aliphatic carbocycles. The Hall–Kier alpha value is -0.860. The zero-order valence-electron chi connectivity index (χ0n) is 9.33. The molecule has 0 amide bonds. The Labute approximate surface area is 86.7 Å². The molecule has 0 heterocycles. The summed E-state index contributed by atoms with van der Waals surface area (Å²) in [5.74, 6) is 0. The minimum absolute atomic E-state index is 0.229. The SMILES string of the molecule is Cc1ccc(C[C@H](N)CN(C)C)cc1. The van der Waals surface area contributed by atoms with Gasteiger partial charge in [-0.1, -0.05) is 29.8 Å². The molecule has 0 bridgehead atoms. The maximum atomic E-state index is 6.00. The topological polar surface area (TPSA) is 29.3 Å². The summed E-state index contributed by atoms with van der Waals surface area (Å²) in [7, 11) is 4.10. The number of hydrogen-bond acceptors (Lipinski definition) is 2. The van der Waals surface area contributed by atoms with Gasteiger partial charge in [0.2, 0.25) is 0 Å². The molecular weight excluding hydrogens is 172 g/mol. The number of aryl methyl sites for hydroxylation is 1. The maximum Gasteiger partial charge on any atom is 0.0208 e. The molecule has 0 aliphatic rings. The molecule has 1 atom stereocenters. The minimum Gasteiger partial charge on any atom is -0.326 e. The zero-order chi connectivity index (χ0) is 10.6. The van der Waals surface area contributed by atoms with Gasteiger partial charge in [0, 0.05) is 12.6 Å². The zero-order valence-corrected chi connectivity index (χ0v) is 9.33. The van der Waals surface area contributed by atoms with E-state index in [1.165, 1.54) is 11.1 Å². The van der Waals surface area contributed by atoms with Crippen LogP contribution in [0.5, 0.6) is 0 Å². The summed E-state index contributed by atoms with van der Waals surface area (Å²) >= 11 is 0. The van der Waals surface area contributed by atoms with E-state index in [-0.39, 0.29) is 6.04 Å². The first-order valence-corrected chi connectivity index (χ1v) is 5.04. The first-order chi connectivity index (χ1) is 6.58. The van der Waals surface area contributed by atoms with Crippen LogP contribution in [0.25, 0.3) is 0 Å². The van der Waals surface area contributed by atoms with Crippen molar-refractivity contribution in [2.45, 2.75) is 19.4 Å². The number of hydrogen-bond donors (Lipinski definition) is 1. The van der Waals surface area contributed by atoms with E-state index in [9.17, 15) is 0 Å². The van der Waals surface area contributed by atoms with Gasteiger partial charge in [-0.3, -0.25) is 0 Å². The Morgan fingerprint density at radius 3 is 2.29 bits per heavy atom. The van der Waals surface area contributed by atoms with Crippen LogP contribution in [0.4, 0.5) is 0 Å². The normalized spacial score (nSPS) is 13.2. The van der Waals surface area contributed by atoms with Crippen molar-refractivity contribution in [1.29, 1.82) is 0 Å². The molecule has 0 saturated carbocycles. The highest BCUT2D eigenvalue weighted by Crippen LogP contribution is 2.05. The van der Waals surface area contributed by atoms with Crippen LogP contribution in [-0.4, -0.2) is 31.6 Å². The average molecular weight is 192 g/mol. The van der Waals surface area contributed by atoms with Crippen molar-refractivity contribution in [2.75, 3.05) is 20.6 Å². The molecule has 0 aromatic heterocycles. The standard InChI is InChI=1S/C12H20N2/c1-10-4-6-11(7-5-10)8-12(13)9-14(2)3/h4-7,12H,8-9,13H2,1-3H3/t12-/m0/s1. The highest BCUT2D eigenvalue weighted by atomic mass is 15.1. The molecule has 14 heavy (non-hydrogen) atoms. The molecule has 0 saturated heterocycles. The molecule has 2 nitrogen and oxygen atoms in total. The van der Waals surface area contributed by atoms with Crippen molar-refractivity contribution in [3.63, 3.8) is 0 Å². The van der Waals surface area contributed by atoms with Crippen LogP contribution in [-0.2, 0) is 6.42 Å². The van der Waals surface area contributed by atoms with Crippen LogP contribution in [0.1, 0.15) is 11.1 Å².